The molecule has 0 spiro atoms. The molecule has 0 amide bonds. The summed E-state index contributed by atoms with van der Waals surface area (Å²) >= 11 is 5.84. The molecular formula is C24H36ClF. The van der Waals surface area contributed by atoms with Gasteiger partial charge < -0.3 is 0 Å². The molecule has 0 saturated heterocycles. The lowest BCUT2D eigenvalue weighted by atomic mass is 9.86. The summed E-state index contributed by atoms with van der Waals surface area (Å²) in [5.74, 6) is 1.75. The predicted octanol–water partition coefficient (Wildman–Crippen LogP) is 8.86. The fourth-order valence-electron chi connectivity index (χ4n) is 2.83. The van der Waals surface area contributed by atoms with Crippen LogP contribution in [0.4, 0.5) is 4.39 Å². The average molecular weight is 379 g/mol. The third-order valence-electron chi connectivity index (χ3n) is 4.59. The highest BCUT2D eigenvalue weighted by Crippen LogP contribution is 2.28. The molecule has 2 aromatic rings. The largest absolute Gasteiger partial charge is 0.207 e. The van der Waals surface area contributed by atoms with Crippen LogP contribution in [0.25, 0.3) is 0 Å². The van der Waals surface area contributed by atoms with E-state index in [0.717, 1.165) is 11.4 Å². The van der Waals surface area contributed by atoms with Crippen LogP contribution < -0.4 is 0 Å². The van der Waals surface area contributed by atoms with Crippen molar-refractivity contribution >= 4 is 11.6 Å². The molecule has 0 heterocycles. The number of hydrogen-bond donors (Lipinski definition) is 0. The summed E-state index contributed by atoms with van der Waals surface area (Å²) in [5, 5.41) is 0.822. The topological polar surface area (TPSA) is 0 Å². The Labute approximate surface area is 165 Å². The summed E-state index contributed by atoms with van der Waals surface area (Å²) in [6.45, 7) is 15.0. The molecule has 0 radical (unpaired) electrons. The van der Waals surface area contributed by atoms with Crippen molar-refractivity contribution in [1.82, 2.24) is 0 Å². The number of halogens is 2. The van der Waals surface area contributed by atoms with Gasteiger partial charge in [0.15, 0.2) is 0 Å². The molecule has 26 heavy (non-hydrogen) atoms. The zero-order chi connectivity index (χ0) is 20.1. The lowest BCUT2D eigenvalue weighted by molar-refractivity contribution is 0.485. The van der Waals surface area contributed by atoms with Gasteiger partial charge in [0, 0.05) is 5.02 Å². The van der Waals surface area contributed by atoms with Gasteiger partial charge >= 0.3 is 0 Å². The van der Waals surface area contributed by atoms with Gasteiger partial charge in [0.05, 0.1) is 0 Å². The van der Waals surface area contributed by atoms with Gasteiger partial charge in [-0.15, -0.1) is 0 Å². The Morgan fingerprint density at radius 3 is 1.62 bits per heavy atom. The van der Waals surface area contributed by atoms with Crippen LogP contribution >= 0.6 is 11.6 Å². The maximum absolute atomic E-state index is 12.5. The van der Waals surface area contributed by atoms with Crippen LogP contribution in [0, 0.1) is 11.7 Å². The molecule has 0 aliphatic carbocycles. The smallest absolute Gasteiger partial charge is 0.123 e. The molecule has 0 saturated carbocycles. The van der Waals surface area contributed by atoms with Crippen LogP contribution in [0.1, 0.15) is 84.3 Å². The van der Waals surface area contributed by atoms with Crippen molar-refractivity contribution in [3.63, 3.8) is 0 Å². The first-order valence-electron chi connectivity index (χ1n) is 9.89. The highest BCUT2D eigenvalue weighted by Gasteiger charge is 2.12. The molecule has 2 unspecified atom stereocenters. The second kappa shape index (κ2) is 13.8. The van der Waals surface area contributed by atoms with Crippen LogP contribution in [0.5, 0.6) is 0 Å². The van der Waals surface area contributed by atoms with E-state index >= 15 is 0 Å². The van der Waals surface area contributed by atoms with Gasteiger partial charge in [-0.1, -0.05) is 84.3 Å². The van der Waals surface area contributed by atoms with Crippen LogP contribution in [0.2, 0.25) is 5.02 Å². The molecule has 2 aromatic carbocycles. The third-order valence-corrected chi connectivity index (χ3v) is 4.85. The minimum atomic E-state index is -0.156. The molecular weight excluding hydrogens is 343 g/mol. The summed E-state index contributed by atoms with van der Waals surface area (Å²) < 4.78 is 12.5. The minimum Gasteiger partial charge on any atom is -0.207 e. The fourth-order valence-corrected chi connectivity index (χ4v) is 2.95. The Balaban J connectivity index is 0.000000444. The second-order valence-electron chi connectivity index (χ2n) is 6.67. The van der Waals surface area contributed by atoms with E-state index in [-0.39, 0.29) is 5.82 Å². The maximum Gasteiger partial charge on any atom is 0.123 e. The second-order valence-corrected chi connectivity index (χ2v) is 7.11. The molecule has 0 aliphatic rings. The van der Waals surface area contributed by atoms with Gasteiger partial charge in [-0.25, -0.2) is 4.39 Å². The van der Waals surface area contributed by atoms with E-state index < -0.39 is 0 Å². The minimum absolute atomic E-state index is 0.156. The van der Waals surface area contributed by atoms with E-state index in [1.165, 1.54) is 29.7 Å². The van der Waals surface area contributed by atoms with Crippen molar-refractivity contribution in [2.45, 2.75) is 73.1 Å². The molecule has 2 heteroatoms. The van der Waals surface area contributed by atoms with Gasteiger partial charge in [0.1, 0.15) is 5.82 Å². The van der Waals surface area contributed by atoms with Gasteiger partial charge in [-0.05, 0) is 66.0 Å². The van der Waals surface area contributed by atoms with Gasteiger partial charge in [0.25, 0.3) is 0 Å². The Kier molecular flexibility index (Phi) is 13.1. The van der Waals surface area contributed by atoms with Crippen molar-refractivity contribution in [3.8, 4) is 0 Å². The van der Waals surface area contributed by atoms with Gasteiger partial charge in [0.2, 0.25) is 0 Å². The Morgan fingerprint density at radius 1 is 0.769 bits per heavy atom. The van der Waals surface area contributed by atoms with Crippen molar-refractivity contribution < 1.29 is 4.39 Å². The Hall–Kier alpha value is -1.34. The molecule has 2 atom stereocenters. The Bertz CT molecular complexity index is 572. The lowest BCUT2D eigenvalue weighted by Crippen LogP contribution is -2.04. The van der Waals surface area contributed by atoms with E-state index in [0.29, 0.717) is 17.8 Å². The standard InChI is InChI=1S/C12H17Cl.C10H13F.C2H6/c1-4-12(9(2)3)10-5-7-11(13)8-6-10;1-3-8(2)9-4-6-10(11)7-5-9;1-2/h5-9,12H,4H2,1-3H3;4-8H,3H2,1-2H3;1-2H3. The molecule has 0 nitrogen and oxygen atoms in total. The van der Waals surface area contributed by atoms with Crippen molar-refractivity contribution in [3.05, 3.63) is 70.5 Å². The average Bonchev–Trinajstić information content (AvgIpc) is 2.66. The summed E-state index contributed by atoms with van der Waals surface area (Å²) in [6.07, 6.45) is 2.30. The number of hydrogen-bond acceptors (Lipinski definition) is 0. The monoisotopic (exact) mass is 378 g/mol. The molecule has 146 valence electrons. The normalized spacial score (nSPS) is 12.4. The summed E-state index contributed by atoms with van der Waals surface area (Å²) in [6, 6.07) is 15.0. The zero-order valence-corrected chi connectivity index (χ0v) is 18.3. The SMILES string of the molecule is CC.CCC(C)c1ccc(F)cc1.CCC(c1ccc(Cl)cc1)C(C)C. The first kappa shape index (κ1) is 24.7. The van der Waals surface area contributed by atoms with E-state index in [4.69, 9.17) is 11.6 Å². The first-order chi connectivity index (χ1) is 12.4. The quantitative estimate of drug-likeness (QED) is 0.487. The molecule has 0 N–H and O–H groups in total. The maximum atomic E-state index is 12.5. The van der Waals surface area contributed by atoms with E-state index in [1.807, 2.05) is 38.1 Å². The van der Waals surface area contributed by atoms with E-state index in [2.05, 4.69) is 46.8 Å². The van der Waals surface area contributed by atoms with Gasteiger partial charge in [-0.2, -0.15) is 0 Å². The molecule has 0 bridgehead atoms. The van der Waals surface area contributed by atoms with Crippen LogP contribution in [0.15, 0.2) is 48.5 Å². The lowest BCUT2D eigenvalue weighted by Gasteiger charge is -2.19. The molecule has 2 rings (SSSR count). The highest BCUT2D eigenvalue weighted by molar-refractivity contribution is 6.30. The van der Waals surface area contributed by atoms with E-state index in [9.17, 15) is 4.39 Å². The zero-order valence-electron chi connectivity index (χ0n) is 17.5. The summed E-state index contributed by atoms with van der Waals surface area (Å²) in [5.41, 5.74) is 2.62. The van der Waals surface area contributed by atoms with E-state index in [1.54, 1.807) is 0 Å². The number of benzene rings is 2. The van der Waals surface area contributed by atoms with Crippen LogP contribution in [-0.2, 0) is 0 Å². The molecule has 0 fully saturated rings. The predicted molar refractivity (Wildman–Crippen MR) is 116 cm³/mol. The Morgan fingerprint density at radius 2 is 1.23 bits per heavy atom. The summed E-state index contributed by atoms with van der Waals surface area (Å²) in [4.78, 5) is 0. The van der Waals surface area contributed by atoms with Crippen molar-refractivity contribution in [1.29, 1.82) is 0 Å². The van der Waals surface area contributed by atoms with Crippen LogP contribution in [0.3, 0.4) is 0 Å². The van der Waals surface area contributed by atoms with Gasteiger partial charge in [-0.3, -0.25) is 0 Å². The molecule has 0 aromatic heterocycles. The number of rotatable bonds is 5. The third kappa shape index (κ3) is 8.85. The summed E-state index contributed by atoms with van der Waals surface area (Å²) in [7, 11) is 0. The van der Waals surface area contributed by atoms with Crippen LogP contribution in [-0.4, -0.2) is 0 Å². The highest BCUT2D eigenvalue weighted by atomic mass is 35.5. The van der Waals surface area contributed by atoms with Crippen molar-refractivity contribution in [2.75, 3.05) is 0 Å². The first-order valence-corrected chi connectivity index (χ1v) is 10.3. The fraction of sp³-hybridized carbons (Fsp3) is 0.500. The molecule has 0 aliphatic heterocycles. The van der Waals surface area contributed by atoms with Crippen molar-refractivity contribution in [2.24, 2.45) is 5.92 Å².